The molecule has 266 valence electrons. The van der Waals surface area contributed by atoms with Crippen LogP contribution in [0.25, 0.3) is 88.0 Å². The number of benzene rings is 8. The summed E-state index contributed by atoms with van der Waals surface area (Å²) >= 11 is 0. The maximum absolute atomic E-state index is 2.67. The predicted molar refractivity (Wildman–Crippen MR) is 241 cm³/mol. The van der Waals surface area contributed by atoms with Crippen molar-refractivity contribution < 1.29 is 0 Å². The first-order chi connectivity index (χ1) is 27.3. The van der Waals surface area contributed by atoms with E-state index in [1.165, 1.54) is 116 Å². The Morgan fingerprint density at radius 2 is 1.20 bits per heavy atom. The summed E-state index contributed by atoms with van der Waals surface area (Å²) in [5, 5.41) is 9.26. The van der Waals surface area contributed by atoms with Gasteiger partial charge in [-0.15, -0.1) is 0 Å². The molecule has 0 fully saturated rings. The minimum Gasteiger partial charge on any atom is -0.310 e. The van der Waals surface area contributed by atoms with Crippen LogP contribution in [0.2, 0.25) is 0 Å². The molecule has 2 aliphatic rings. The molecule has 0 atom stereocenters. The Kier molecular flexibility index (Phi) is 6.36. The minimum absolute atomic E-state index is 0.0621. The Bertz CT molecular complexity index is 3300. The van der Waals surface area contributed by atoms with Crippen molar-refractivity contribution >= 4 is 77.4 Å². The number of rotatable bonds is 3. The zero-order valence-electron chi connectivity index (χ0n) is 32.5. The maximum atomic E-state index is 2.67. The summed E-state index contributed by atoms with van der Waals surface area (Å²) in [5.41, 5.74) is 18.4. The van der Waals surface area contributed by atoms with E-state index in [1.54, 1.807) is 0 Å². The van der Waals surface area contributed by atoms with Gasteiger partial charge in [-0.2, -0.15) is 0 Å². The molecule has 2 nitrogen and oxygen atoms in total. The first-order valence-electron chi connectivity index (χ1n) is 20.2. The molecule has 2 aromatic heterocycles. The molecular weight excluding hydrogens is 675 g/mol. The van der Waals surface area contributed by atoms with Crippen LogP contribution in [0.3, 0.4) is 0 Å². The SMILES string of the molecule is CC(C)c1ccc2c3c4c(ccc5ccccc54)cc4c3n(c2c1)-c1cc(C(C)(C)C)cc2c1B4c1cccc3c(-c4ccccc4)c(-c4ccccc4)n-2c13. The second-order valence-electron chi connectivity index (χ2n) is 17.5. The van der Waals surface area contributed by atoms with E-state index in [1.807, 2.05) is 0 Å². The highest BCUT2D eigenvalue weighted by Gasteiger charge is 2.43. The van der Waals surface area contributed by atoms with Crippen molar-refractivity contribution in [3.8, 4) is 33.8 Å². The van der Waals surface area contributed by atoms with Crippen molar-refractivity contribution in [3.05, 3.63) is 163 Å². The number of para-hydroxylation sites is 1. The van der Waals surface area contributed by atoms with E-state index in [4.69, 9.17) is 0 Å². The molecule has 0 N–H and O–H groups in total. The number of fused-ring (bicyclic) bond motifs is 11. The van der Waals surface area contributed by atoms with Crippen molar-refractivity contribution in [2.75, 3.05) is 0 Å². The molecular formula is C53H41BN2. The summed E-state index contributed by atoms with van der Waals surface area (Å²) in [6.45, 7) is 11.8. The van der Waals surface area contributed by atoms with Crippen molar-refractivity contribution in [1.29, 1.82) is 0 Å². The average Bonchev–Trinajstić information content (AvgIpc) is 3.75. The van der Waals surface area contributed by atoms with Gasteiger partial charge in [-0.3, -0.25) is 0 Å². The topological polar surface area (TPSA) is 9.86 Å². The fraction of sp³-hybridized carbons (Fsp3) is 0.132. The highest BCUT2D eigenvalue weighted by molar-refractivity contribution is 7.00. The number of hydrogen-bond acceptors (Lipinski definition) is 0. The number of nitrogens with zero attached hydrogens (tertiary/aromatic N) is 2. The molecule has 4 heterocycles. The molecule has 12 rings (SSSR count). The van der Waals surface area contributed by atoms with E-state index >= 15 is 0 Å². The Labute approximate surface area is 327 Å². The molecule has 0 saturated carbocycles. The summed E-state index contributed by atoms with van der Waals surface area (Å²) < 4.78 is 5.32. The van der Waals surface area contributed by atoms with Gasteiger partial charge in [0.15, 0.2) is 0 Å². The quantitative estimate of drug-likeness (QED) is 0.127. The van der Waals surface area contributed by atoms with E-state index in [9.17, 15) is 0 Å². The Morgan fingerprint density at radius 1 is 0.518 bits per heavy atom. The van der Waals surface area contributed by atoms with Crippen LogP contribution in [0, 0.1) is 0 Å². The van der Waals surface area contributed by atoms with Gasteiger partial charge in [-0.25, -0.2) is 0 Å². The van der Waals surface area contributed by atoms with E-state index in [0.29, 0.717) is 5.92 Å². The average molecular weight is 717 g/mol. The number of aromatic nitrogens is 2. The normalized spacial score (nSPS) is 13.2. The zero-order chi connectivity index (χ0) is 37.6. The van der Waals surface area contributed by atoms with E-state index in [-0.39, 0.29) is 12.1 Å². The van der Waals surface area contributed by atoms with Gasteiger partial charge < -0.3 is 9.13 Å². The van der Waals surface area contributed by atoms with Gasteiger partial charge >= 0.3 is 0 Å². The standard InChI is InChI=1S/C53H41BN2/c1-31(2)35-25-26-39-43(28-35)55-44-29-37(53(3,4)5)30-45-49(44)54(42-27-36-24-23-32-15-12-13-20-38(32)46(36)48(39)52(42)55)41-22-14-21-40-47(33-16-8-6-9-17-33)50(56(45)51(40)41)34-18-10-7-11-19-34/h6-31H,1-5H3. The predicted octanol–water partition coefficient (Wildman–Crippen LogP) is 11.9. The molecule has 3 heteroatoms. The second kappa shape index (κ2) is 11.1. The molecule has 56 heavy (non-hydrogen) atoms. The van der Waals surface area contributed by atoms with Gasteiger partial charge in [0.25, 0.3) is 6.71 Å². The van der Waals surface area contributed by atoms with E-state index in [2.05, 4.69) is 195 Å². The number of hydrogen-bond donors (Lipinski definition) is 0. The fourth-order valence-electron chi connectivity index (χ4n) is 10.4. The highest BCUT2D eigenvalue weighted by atomic mass is 15.0. The van der Waals surface area contributed by atoms with Crippen molar-refractivity contribution in [1.82, 2.24) is 9.13 Å². The molecule has 8 aromatic carbocycles. The first kappa shape index (κ1) is 32.0. The molecule has 0 amide bonds. The van der Waals surface area contributed by atoms with E-state index < -0.39 is 0 Å². The summed E-state index contributed by atoms with van der Waals surface area (Å²) in [6.07, 6.45) is 0. The molecule has 2 aliphatic heterocycles. The Balaban J connectivity index is 1.34. The van der Waals surface area contributed by atoms with Gasteiger partial charge in [0.1, 0.15) is 0 Å². The Hall–Kier alpha value is -6.32. The third-order valence-electron chi connectivity index (χ3n) is 13.0. The maximum Gasteiger partial charge on any atom is 0.252 e. The lowest BCUT2D eigenvalue weighted by Crippen LogP contribution is -2.59. The lowest BCUT2D eigenvalue weighted by molar-refractivity contribution is 0.589. The van der Waals surface area contributed by atoms with Crippen LogP contribution in [-0.2, 0) is 5.41 Å². The Morgan fingerprint density at radius 3 is 1.95 bits per heavy atom. The summed E-state index contributed by atoms with van der Waals surface area (Å²) in [6, 6.07) is 57.7. The lowest BCUT2D eigenvalue weighted by atomic mass is 9.34. The smallest absolute Gasteiger partial charge is 0.252 e. The third kappa shape index (κ3) is 4.13. The first-order valence-corrected chi connectivity index (χ1v) is 20.2. The van der Waals surface area contributed by atoms with Gasteiger partial charge in [-0.1, -0.05) is 168 Å². The molecule has 0 saturated heterocycles. The van der Waals surface area contributed by atoms with Crippen LogP contribution in [0.5, 0.6) is 0 Å². The summed E-state index contributed by atoms with van der Waals surface area (Å²) in [4.78, 5) is 0. The third-order valence-corrected chi connectivity index (χ3v) is 13.0. The van der Waals surface area contributed by atoms with Crippen LogP contribution in [0.15, 0.2) is 152 Å². The van der Waals surface area contributed by atoms with Crippen LogP contribution in [0.4, 0.5) is 0 Å². The van der Waals surface area contributed by atoms with Crippen LogP contribution in [-0.4, -0.2) is 15.8 Å². The largest absolute Gasteiger partial charge is 0.310 e. The van der Waals surface area contributed by atoms with Gasteiger partial charge in [0, 0.05) is 38.6 Å². The molecule has 0 aliphatic carbocycles. The van der Waals surface area contributed by atoms with Gasteiger partial charge in [0.2, 0.25) is 0 Å². The summed E-state index contributed by atoms with van der Waals surface area (Å²) in [7, 11) is 0. The van der Waals surface area contributed by atoms with Crippen molar-refractivity contribution in [2.45, 2.75) is 46.0 Å². The lowest BCUT2D eigenvalue weighted by Gasteiger charge is -2.36. The molecule has 0 bridgehead atoms. The van der Waals surface area contributed by atoms with Crippen LogP contribution in [0.1, 0.15) is 51.7 Å². The van der Waals surface area contributed by atoms with Crippen molar-refractivity contribution in [3.63, 3.8) is 0 Å². The van der Waals surface area contributed by atoms with Gasteiger partial charge in [0.05, 0.1) is 16.7 Å². The van der Waals surface area contributed by atoms with Crippen LogP contribution >= 0.6 is 0 Å². The van der Waals surface area contributed by atoms with Crippen molar-refractivity contribution in [2.24, 2.45) is 0 Å². The monoisotopic (exact) mass is 716 g/mol. The minimum atomic E-state index is -0.0789. The van der Waals surface area contributed by atoms with Gasteiger partial charge in [-0.05, 0) is 89.7 Å². The zero-order valence-corrected chi connectivity index (χ0v) is 32.5. The van der Waals surface area contributed by atoms with E-state index in [0.717, 1.165) is 0 Å². The second-order valence-corrected chi connectivity index (χ2v) is 17.5. The highest BCUT2D eigenvalue weighted by Crippen LogP contribution is 2.47. The molecule has 0 radical (unpaired) electrons. The molecule has 0 unspecified atom stereocenters. The fourth-order valence-corrected chi connectivity index (χ4v) is 10.4. The molecule has 10 aromatic rings. The van der Waals surface area contributed by atoms with Crippen LogP contribution < -0.4 is 16.4 Å². The summed E-state index contributed by atoms with van der Waals surface area (Å²) in [5.74, 6) is 0.415. The molecule has 0 spiro atoms.